The molecule has 2 heterocycles. The van der Waals surface area contributed by atoms with E-state index in [-0.39, 0.29) is 12.0 Å². The van der Waals surface area contributed by atoms with E-state index in [1.54, 1.807) is 35.6 Å². The largest absolute Gasteiger partial charge is 0.465 e. The summed E-state index contributed by atoms with van der Waals surface area (Å²) in [5, 5.41) is 4.91. The Hall–Kier alpha value is -2.22. The van der Waals surface area contributed by atoms with Gasteiger partial charge in [0.05, 0.1) is 23.2 Å². The van der Waals surface area contributed by atoms with Crippen LogP contribution in [0.25, 0.3) is 0 Å². The Bertz CT molecular complexity index is 757. The number of thiophene rings is 1. The van der Waals surface area contributed by atoms with Gasteiger partial charge in [0.15, 0.2) is 6.54 Å². The third kappa shape index (κ3) is 5.63. The standard InChI is InChI=1S/C20H24N2O4S/c1-25-20(24)17-8-2-3-9-18(17)21-19(23)14-22(12-15-6-4-10-26-15)13-16-7-5-11-27-16/h2-3,5,7-9,11,15H,4,6,10,12-14H2,1H3,(H,21,23)/p+1/t15-/m1/s1. The lowest BCUT2D eigenvalue weighted by molar-refractivity contribution is -0.908. The number of hydrogen-bond donors (Lipinski definition) is 2. The molecule has 0 aliphatic carbocycles. The van der Waals surface area contributed by atoms with Gasteiger partial charge in [-0.15, -0.1) is 11.3 Å². The predicted octanol–water partition coefficient (Wildman–Crippen LogP) is 1.74. The monoisotopic (exact) mass is 389 g/mol. The first kappa shape index (κ1) is 19.5. The quantitative estimate of drug-likeness (QED) is 0.675. The second-order valence-electron chi connectivity index (χ2n) is 6.61. The van der Waals surface area contributed by atoms with Gasteiger partial charge < -0.3 is 19.7 Å². The van der Waals surface area contributed by atoms with Gasteiger partial charge in [-0.2, -0.15) is 0 Å². The Morgan fingerprint density at radius 2 is 2.15 bits per heavy atom. The van der Waals surface area contributed by atoms with E-state index in [0.717, 1.165) is 37.4 Å². The van der Waals surface area contributed by atoms with Crippen molar-refractivity contribution in [2.24, 2.45) is 0 Å². The van der Waals surface area contributed by atoms with Gasteiger partial charge in [-0.05, 0) is 36.4 Å². The molecule has 1 aliphatic rings. The highest BCUT2D eigenvalue weighted by Gasteiger charge is 2.25. The van der Waals surface area contributed by atoms with Gasteiger partial charge in [-0.3, -0.25) is 4.79 Å². The number of carbonyl (C=O) groups is 2. The summed E-state index contributed by atoms with van der Waals surface area (Å²) in [6.07, 6.45) is 2.33. The molecule has 0 spiro atoms. The Labute approximate surface area is 163 Å². The molecule has 0 bridgehead atoms. The van der Waals surface area contributed by atoms with Crippen LogP contribution in [0, 0.1) is 0 Å². The van der Waals surface area contributed by atoms with Gasteiger partial charge >= 0.3 is 5.97 Å². The van der Waals surface area contributed by atoms with Gasteiger partial charge in [-0.1, -0.05) is 18.2 Å². The molecule has 1 fully saturated rings. The summed E-state index contributed by atoms with van der Waals surface area (Å²) >= 11 is 1.70. The maximum absolute atomic E-state index is 12.7. The molecule has 1 aliphatic heterocycles. The van der Waals surface area contributed by atoms with Crippen molar-refractivity contribution in [3.63, 3.8) is 0 Å². The van der Waals surface area contributed by atoms with Crippen LogP contribution in [-0.4, -0.2) is 44.8 Å². The van der Waals surface area contributed by atoms with Crippen molar-refractivity contribution < 1.29 is 24.0 Å². The zero-order valence-corrected chi connectivity index (χ0v) is 16.2. The normalized spacial score (nSPS) is 17.4. The first-order valence-electron chi connectivity index (χ1n) is 9.10. The van der Waals surface area contributed by atoms with E-state index >= 15 is 0 Å². The number of rotatable bonds is 8. The Kier molecular flexibility index (Phi) is 6.98. The van der Waals surface area contributed by atoms with Gasteiger partial charge in [0, 0.05) is 6.61 Å². The Morgan fingerprint density at radius 3 is 2.85 bits per heavy atom. The smallest absolute Gasteiger partial charge is 0.339 e. The molecule has 2 aromatic rings. The van der Waals surface area contributed by atoms with Crippen LogP contribution in [0.1, 0.15) is 28.1 Å². The zero-order valence-electron chi connectivity index (χ0n) is 15.4. The molecule has 3 rings (SSSR count). The fourth-order valence-corrected chi connectivity index (χ4v) is 4.07. The molecule has 2 N–H and O–H groups in total. The molecular formula is C20H25N2O4S+. The van der Waals surface area contributed by atoms with E-state index in [1.807, 2.05) is 11.4 Å². The summed E-state index contributed by atoms with van der Waals surface area (Å²) in [6.45, 7) is 2.69. The maximum atomic E-state index is 12.7. The molecular weight excluding hydrogens is 364 g/mol. The van der Waals surface area contributed by atoms with Crippen molar-refractivity contribution in [2.45, 2.75) is 25.5 Å². The number of ether oxygens (including phenoxy) is 2. The van der Waals surface area contributed by atoms with Crippen LogP contribution in [0.2, 0.25) is 0 Å². The average molecular weight is 389 g/mol. The highest BCUT2D eigenvalue weighted by molar-refractivity contribution is 7.09. The number of amides is 1. The second kappa shape index (κ2) is 9.64. The molecule has 27 heavy (non-hydrogen) atoms. The number of anilines is 1. The molecule has 1 saturated heterocycles. The van der Waals surface area contributed by atoms with Crippen LogP contribution in [0.3, 0.4) is 0 Å². The molecule has 1 amide bonds. The minimum absolute atomic E-state index is 0.129. The first-order valence-corrected chi connectivity index (χ1v) is 9.98. The Balaban J connectivity index is 1.65. The average Bonchev–Trinajstić information content (AvgIpc) is 3.35. The van der Waals surface area contributed by atoms with Crippen LogP contribution in [-0.2, 0) is 20.8 Å². The van der Waals surface area contributed by atoms with Crippen LogP contribution in [0.5, 0.6) is 0 Å². The van der Waals surface area contributed by atoms with E-state index in [1.165, 1.54) is 12.0 Å². The molecule has 1 aromatic carbocycles. The van der Waals surface area contributed by atoms with E-state index in [9.17, 15) is 9.59 Å². The molecule has 6 nitrogen and oxygen atoms in total. The number of para-hydroxylation sites is 1. The van der Waals surface area contributed by atoms with Crippen LogP contribution in [0.15, 0.2) is 41.8 Å². The number of esters is 1. The number of hydrogen-bond acceptors (Lipinski definition) is 5. The van der Waals surface area contributed by atoms with E-state index in [2.05, 4.69) is 11.4 Å². The summed E-state index contributed by atoms with van der Waals surface area (Å²) in [5.41, 5.74) is 0.828. The van der Waals surface area contributed by atoms with Gasteiger partial charge in [0.2, 0.25) is 0 Å². The van der Waals surface area contributed by atoms with E-state index in [4.69, 9.17) is 9.47 Å². The summed E-state index contributed by atoms with van der Waals surface area (Å²) < 4.78 is 10.5. The van der Waals surface area contributed by atoms with Crippen molar-refractivity contribution in [3.8, 4) is 0 Å². The highest BCUT2D eigenvalue weighted by Crippen LogP contribution is 2.16. The molecule has 144 valence electrons. The number of benzene rings is 1. The number of carbonyl (C=O) groups excluding carboxylic acids is 2. The lowest BCUT2D eigenvalue weighted by atomic mass is 10.1. The summed E-state index contributed by atoms with van der Waals surface area (Å²) in [7, 11) is 1.33. The maximum Gasteiger partial charge on any atom is 0.339 e. The fraction of sp³-hybridized carbons (Fsp3) is 0.400. The fourth-order valence-electron chi connectivity index (χ4n) is 3.30. The molecule has 7 heteroatoms. The molecule has 1 aromatic heterocycles. The number of quaternary nitrogens is 1. The van der Waals surface area contributed by atoms with Crippen molar-refractivity contribution in [1.82, 2.24) is 0 Å². The lowest BCUT2D eigenvalue weighted by Gasteiger charge is -2.21. The molecule has 0 radical (unpaired) electrons. The number of methoxy groups -OCH3 is 1. The minimum Gasteiger partial charge on any atom is -0.465 e. The molecule has 2 atom stereocenters. The van der Waals surface area contributed by atoms with Crippen LogP contribution < -0.4 is 10.2 Å². The number of nitrogens with one attached hydrogen (secondary N) is 2. The lowest BCUT2D eigenvalue weighted by Crippen LogP contribution is -3.12. The van der Waals surface area contributed by atoms with E-state index in [0.29, 0.717) is 17.8 Å². The first-order chi connectivity index (χ1) is 13.2. The van der Waals surface area contributed by atoms with Crippen molar-refractivity contribution in [2.75, 3.05) is 32.1 Å². The van der Waals surface area contributed by atoms with Crippen LogP contribution >= 0.6 is 11.3 Å². The molecule has 0 saturated carbocycles. The van der Waals surface area contributed by atoms with Gasteiger partial charge in [0.25, 0.3) is 5.91 Å². The summed E-state index contributed by atoms with van der Waals surface area (Å²) in [4.78, 5) is 26.9. The summed E-state index contributed by atoms with van der Waals surface area (Å²) in [5.74, 6) is -0.594. The topological polar surface area (TPSA) is 69.1 Å². The third-order valence-corrected chi connectivity index (χ3v) is 5.44. The molecule has 1 unspecified atom stereocenters. The summed E-state index contributed by atoms with van der Waals surface area (Å²) in [6, 6.07) is 11.0. The van der Waals surface area contributed by atoms with Crippen LogP contribution in [0.4, 0.5) is 5.69 Å². The Morgan fingerprint density at radius 1 is 1.30 bits per heavy atom. The third-order valence-electron chi connectivity index (χ3n) is 4.56. The minimum atomic E-state index is -0.465. The van der Waals surface area contributed by atoms with E-state index < -0.39 is 5.97 Å². The highest BCUT2D eigenvalue weighted by atomic mass is 32.1. The zero-order chi connectivity index (χ0) is 19.1. The second-order valence-corrected chi connectivity index (χ2v) is 7.64. The SMILES string of the molecule is COC(=O)c1ccccc1NC(=O)C[NH+](Cc1cccs1)C[C@H]1CCCO1. The predicted molar refractivity (Wildman–Crippen MR) is 104 cm³/mol. The van der Waals surface area contributed by atoms with Crippen molar-refractivity contribution >= 4 is 28.9 Å². The van der Waals surface area contributed by atoms with Gasteiger partial charge in [0.1, 0.15) is 19.2 Å². The van der Waals surface area contributed by atoms with Gasteiger partial charge in [-0.25, -0.2) is 4.79 Å². The van der Waals surface area contributed by atoms with Crippen molar-refractivity contribution in [3.05, 3.63) is 52.2 Å². The van der Waals surface area contributed by atoms with Crippen molar-refractivity contribution in [1.29, 1.82) is 0 Å².